The third-order valence-corrected chi connectivity index (χ3v) is 5.42. The van der Waals surface area contributed by atoms with Crippen LogP contribution in [0.4, 0.5) is 0 Å². The average molecular weight is 332 g/mol. The maximum atomic E-state index is 12.0. The summed E-state index contributed by atoms with van der Waals surface area (Å²) in [5.74, 6) is 0.843. The smallest absolute Gasteiger partial charge is 0.213 e. The second kappa shape index (κ2) is 8.69. The summed E-state index contributed by atoms with van der Waals surface area (Å²) in [6.45, 7) is 3.46. The molecule has 128 valence electrons. The van der Waals surface area contributed by atoms with Crippen molar-refractivity contribution in [3.05, 3.63) is 0 Å². The highest BCUT2D eigenvalue weighted by molar-refractivity contribution is 7.89. The summed E-state index contributed by atoms with van der Waals surface area (Å²) in [7, 11) is -1.54. The molecule has 2 fully saturated rings. The van der Waals surface area contributed by atoms with Gasteiger partial charge in [-0.05, 0) is 32.1 Å². The second-order valence-electron chi connectivity index (χ2n) is 5.82. The third-order valence-electron chi connectivity index (χ3n) is 4.08. The van der Waals surface area contributed by atoms with E-state index in [9.17, 15) is 8.42 Å². The molecule has 0 aliphatic carbocycles. The van der Waals surface area contributed by atoms with Gasteiger partial charge in [0.1, 0.15) is 0 Å². The van der Waals surface area contributed by atoms with Gasteiger partial charge in [-0.1, -0.05) is 0 Å². The molecular formula is C14H28N4O3S. The molecule has 8 heteroatoms. The number of likely N-dealkylation sites (tertiary alicyclic amines) is 1. The van der Waals surface area contributed by atoms with Crippen molar-refractivity contribution in [2.45, 2.75) is 38.2 Å². The molecule has 0 aromatic rings. The molecule has 0 amide bonds. The lowest BCUT2D eigenvalue weighted by atomic mass is 10.1. The van der Waals surface area contributed by atoms with Crippen LogP contribution in [0.5, 0.6) is 0 Å². The van der Waals surface area contributed by atoms with Gasteiger partial charge in [0.15, 0.2) is 5.96 Å². The SMILES string of the molecule is CN=C(NCCS(=O)(=O)NCC1CCCCO1)N1CCCC1. The number of nitrogens with zero attached hydrogens (tertiary/aromatic N) is 2. The van der Waals surface area contributed by atoms with Crippen LogP contribution in [0.2, 0.25) is 0 Å². The van der Waals surface area contributed by atoms with Crippen molar-refractivity contribution in [3.63, 3.8) is 0 Å². The monoisotopic (exact) mass is 332 g/mol. The summed E-state index contributed by atoms with van der Waals surface area (Å²) in [6, 6.07) is 0. The van der Waals surface area contributed by atoms with Gasteiger partial charge in [0.25, 0.3) is 0 Å². The Morgan fingerprint density at radius 3 is 2.68 bits per heavy atom. The lowest BCUT2D eigenvalue weighted by Gasteiger charge is -2.23. The molecule has 0 saturated carbocycles. The standard InChI is InChI=1S/C14H28N4O3S/c1-15-14(18-8-3-4-9-18)16-7-11-22(19,20)17-12-13-6-2-5-10-21-13/h13,17H,2-12H2,1H3,(H,15,16). The molecule has 7 nitrogen and oxygen atoms in total. The summed E-state index contributed by atoms with van der Waals surface area (Å²) >= 11 is 0. The summed E-state index contributed by atoms with van der Waals surface area (Å²) in [6.07, 6.45) is 5.48. The van der Waals surface area contributed by atoms with Crippen LogP contribution in [0, 0.1) is 0 Å². The molecule has 22 heavy (non-hydrogen) atoms. The summed E-state index contributed by atoms with van der Waals surface area (Å²) in [5, 5.41) is 3.13. The van der Waals surface area contributed by atoms with Gasteiger partial charge in [0, 0.05) is 39.8 Å². The van der Waals surface area contributed by atoms with Gasteiger partial charge in [-0.3, -0.25) is 4.99 Å². The molecule has 2 saturated heterocycles. The Balaban J connectivity index is 1.67. The van der Waals surface area contributed by atoms with Gasteiger partial charge in [0.05, 0.1) is 11.9 Å². The van der Waals surface area contributed by atoms with E-state index in [1.165, 1.54) is 12.8 Å². The highest BCUT2D eigenvalue weighted by Crippen LogP contribution is 2.11. The van der Waals surface area contributed by atoms with Crippen LogP contribution in [0.1, 0.15) is 32.1 Å². The van der Waals surface area contributed by atoms with Gasteiger partial charge in [0.2, 0.25) is 10.0 Å². The van der Waals surface area contributed by atoms with Crippen LogP contribution in [-0.2, 0) is 14.8 Å². The summed E-state index contributed by atoms with van der Waals surface area (Å²) in [4.78, 5) is 6.37. The lowest BCUT2D eigenvalue weighted by Crippen LogP contribution is -2.43. The zero-order chi connectivity index (χ0) is 15.8. The van der Waals surface area contributed by atoms with E-state index < -0.39 is 10.0 Å². The van der Waals surface area contributed by atoms with Crippen molar-refractivity contribution in [1.29, 1.82) is 0 Å². The number of aliphatic imine (C=N–C) groups is 1. The quantitative estimate of drug-likeness (QED) is 0.534. The lowest BCUT2D eigenvalue weighted by molar-refractivity contribution is 0.0200. The maximum absolute atomic E-state index is 12.0. The Hall–Kier alpha value is -0.860. The number of guanidine groups is 1. The van der Waals surface area contributed by atoms with Crippen LogP contribution >= 0.6 is 0 Å². The topological polar surface area (TPSA) is 83.0 Å². The minimum atomic E-state index is -3.27. The van der Waals surface area contributed by atoms with Crippen LogP contribution < -0.4 is 10.0 Å². The third kappa shape index (κ3) is 5.73. The molecule has 2 aliphatic heterocycles. The molecule has 0 spiro atoms. The fourth-order valence-electron chi connectivity index (χ4n) is 2.82. The molecule has 0 bridgehead atoms. The number of nitrogens with one attached hydrogen (secondary N) is 2. The Bertz CT molecular complexity index is 455. The van der Waals surface area contributed by atoms with E-state index in [4.69, 9.17) is 4.74 Å². The predicted molar refractivity (Wildman–Crippen MR) is 87.5 cm³/mol. The Kier molecular flexibility index (Phi) is 6.91. The zero-order valence-corrected chi connectivity index (χ0v) is 14.2. The number of sulfonamides is 1. The van der Waals surface area contributed by atoms with Crippen LogP contribution in [0.3, 0.4) is 0 Å². The number of ether oxygens (including phenoxy) is 1. The molecule has 1 atom stereocenters. The molecular weight excluding hydrogens is 304 g/mol. The van der Waals surface area contributed by atoms with Gasteiger partial charge in [-0.25, -0.2) is 13.1 Å². The van der Waals surface area contributed by atoms with Crippen LogP contribution in [0.25, 0.3) is 0 Å². The number of hydrogen-bond acceptors (Lipinski definition) is 4. The predicted octanol–water partition coefficient (Wildman–Crippen LogP) is 0.146. The highest BCUT2D eigenvalue weighted by Gasteiger charge is 2.19. The first-order valence-corrected chi connectivity index (χ1v) is 9.80. The largest absolute Gasteiger partial charge is 0.377 e. The normalized spacial score (nSPS) is 23.8. The van der Waals surface area contributed by atoms with E-state index >= 15 is 0 Å². The summed E-state index contributed by atoms with van der Waals surface area (Å²) in [5.41, 5.74) is 0. The van der Waals surface area contributed by atoms with E-state index in [1.807, 2.05) is 0 Å². The van der Waals surface area contributed by atoms with E-state index in [0.717, 1.165) is 44.9 Å². The second-order valence-corrected chi connectivity index (χ2v) is 7.75. The van der Waals surface area contributed by atoms with Gasteiger partial charge in [-0.2, -0.15) is 0 Å². The zero-order valence-electron chi connectivity index (χ0n) is 13.4. The van der Waals surface area contributed by atoms with Gasteiger partial charge >= 0.3 is 0 Å². The van der Waals surface area contributed by atoms with Crippen molar-refractivity contribution in [1.82, 2.24) is 14.9 Å². The fourth-order valence-corrected chi connectivity index (χ4v) is 3.77. The molecule has 2 heterocycles. The first-order chi connectivity index (χ1) is 10.6. The van der Waals surface area contributed by atoms with Crippen molar-refractivity contribution in [2.75, 3.05) is 45.6 Å². The van der Waals surface area contributed by atoms with Crippen molar-refractivity contribution < 1.29 is 13.2 Å². The van der Waals surface area contributed by atoms with Crippen LogP contribution in [-0.4, -0.2) is 71.0 Å². The molecule has 0 aromatic heterocycles. The fraction of sp³-hybridized carbons (Fsp3) is 0.929. The minimum absolute atomic E-state index is 0.0221. The van der Waals surface area contributed by atoms with Crippen LogP contribution in [0.15, 0.2) is 4.99 Å². The summed E-state index contributed by atoms with van der Waals surface area (Å²) < 4.78 is 32.2. The van der Waals surface area contributed by atoms with Gasteiger partial charge in [-0.15, -0.1) is 0 Å². The number of hydrogen-bond donors (Lipinski definition) is 2. The van der Waals surface area contributed by atoms with Crippen molar-refractivity contribution in [2.24, 2.45) is 4.99 Å². The molecule has 2 aliphatic rings. The Labute approximate surface area is 133 Å². The minimum Gasteiger partial charge on any atom is -0.377 e. The van der Waals surface area contributed by atoms with Gasteiger partial charge < -0.3 is 15.0 Å². The first kappa shape index (κ1) is 17.5. The van der Waals surface area contributed by atoms with Crippen molar-refractivity contribution >= 4 is 16.0 Å². The Morgan fingerprint density at radius 1 is 1.27 bits per heavy atom. The maximum Gasteiger partial charge on any atom is 0.213 e. The Morgan fingerprint density at radius 2 is 2.05 bits per heavy atom. The highest BCUT2D eigenvalue weighted by atomic mass is 32.2. The van der Waals surface area contributed by atoms with E-state index in [1.54, 1.807) is 7.05 Å². The molecule has 0 aromatic carbocycles. The van der Waals surface area contributed by atoms with E-state index in [-0.39, 0.29) is 11.9 Å². The van der Waals surface area contributed by atoms with E-state index in [2.05, 4.69) is 19.9 Å². The first-order valence-electron chi connectivity index (χ1n) is 8.15. The molecule has 2 N–H and O–H groups in total. The molecule has 0 radical (unpaired) electrons. The number of rotatable bonds is 6. The van der Waals surface area contributed by atoms with E-state index in [0.29, 0.717) is 13.1 Å². The average Bonchev–Trinajstić information content (AvgIpc) is 3.05. The molecule has 1 unspecified atom stereocenters. The molecule has 2 rings (SSSR count). The van der Waals surface area contributed by atoms with Crippen molar-refractivity contribution in [3.8, 4) is 0 Å².